The fourth-order valence-corrected chi connectivity index (χ4v) is 8.83. The Labute approximate surface area is 303 Å². The molecule has 1 aliphatic heterocycles. The molecule has 1 saturated heterocycles. The molecule has 0 N–H and O–H groups in total. The molecule has 1 fully saturated rings. The van der Waals surface area contributed by atoms with Gasteiger partial charge in [-0.05, 0) is 73.5 Å². The first-order valence-electron chi connectivity index (χ1n) is 14.4. The number of benzene rings is 4. The van der Waals surface area contributed by atoms with Crippen molar-refractivity contribution in [1.29, 1.82) is 0 Å². The van der Waals surface area contributed by atoms with Crippen molar-refractivity contribution in [2.45, 2.75) is 52.2 Å². The number of unbranched alkanes of at least 4 members (excludes halogenated alkanes) is 1. The molecule has 0 unspecified atom stereocenters. The van der Waals surface area contributed by atoms with Gasteiger partial charge in [-0.25, -0.2) is 0 Å². The second-order valence-electron chi connectivity index (χ2n) is 11.3. The second kappa shape index (κ2) is 17.5. The molecule has 0 amide bonds. The van der Waals surface area contributed by atoms with Crippen LogP contribution in [0.15, 0.2) is 86.2 Å². The van der Waals surface area contributed by atoms with Crippen molar-refractivity contribution in [3.63, 3.8) is 0 Å². The van der Waals surface area contributed by atoms with Gasteiger partial charge in [-0.15, -0.1) is 22.7 Å². The molecule has 0 spiro atoms. The van der Waals surface area contributed by atoms with E-state index >= 15 is 0 Å². The Balaban J connectivity index is 0.000000182. The molecule has 0 atom stereocenters. The standard InChI is InChI=1S/C15H15BrSSi.C12H6Br2S.C4H8O.C4H9.Li/c1-18(2,3)11-5-7-15-13(9-11)12-8-10(16)4-6-14(12)17-15;13-7-1-3-11-9(5-7)10-6-8(14)2-4-12(10)15-11;1-2-4-5-3-1;1-3-4-2;/h4-9H,1-3H3;1-6H;1-4H2;1,3-4H2,2H3;/q;;;-1;+1. The molecule has 0 bridgehead atoms. The van der Waals surface area contributed by atoms with Gasteiger partial charge in [-0.2, -0.15) is 6.42 Å². The third-order valence-electron chi connectivity index (χ3n) is 6.87. The number of halogens is 3. The summed E-state index contributed by atoms with van der Waals surface area (Å²) in [4.78, 5) is 0. The number of thiophene rings is 2. The predicted octanol–water partition coefficient (Wildman–Crippen LogP) is 10.4. The third-order valence-corrected chi connectivity index (χ3v) is 12.7. The average Bonchev–Trinajstić information content (AvgIpc) is 3.73. The Morgan fingerprint density at radius 1 is 0.651 bits per heavy atom. The minimum Gasteiger partial charge on any atom is -0.381 e. The van der Waals surface area contributed by atoms with Crippen molar-refractivity contribution in [3.05, 3.63) is 93.1 Å². The Bertz CT molecular complexity index is 1700. The molecule has 0 saturated carbocycles. The molecule has 4 aromatic carbocycles. The van der Waals surface area contributed by atoms with E-state index in [1.807, 2.05) is 22.7 Å². The van der Waals surface area contributed by atoms with Gasteiger partial charge in [0.1, 0.15) is 0 Å². The molecule has 1 nitrogen and oxygen atoms in total. The number of fused-ring (bicyclic) bond motifs is 6. The second-order valence-corrected chi connectivity index (χ2v) is 21.3. The van der Waals surface area contributed by atoms with E-state index in [0.29, 0.717) is 0 Å². The van der Waals surface area contributed by atoms with E-state index < -0.39 is 8.07 Å². The summed E-state index contributed by atoms with van der Waals surface area (Å²) in [6, 6.07) is 26.5. The number of rotatable bonds is 2. The van der Waals surface area contributed by atoms with Gasteiger partial charge in [0.05, 0.1) is 8.07 Å². The summed E-state index contributed by atoms with van der Waals surface area (Å²) >= 11 is 14.3. The average molecular weight is 814 g/mol. The Kier molecular flexibility index (Phi) is 15.0. The van der Waals surface area contributed by atoms with Crippen LogP contribution in [0.1, 0.15) is 32.6 Å². The van der Waals surface area contributed by atoms with Crippen molar-refractivity contribution in [2.75, 3.05) is 13.2 Å². The summed E-state index contributed by atoms with van der Waals surface area (Å²) in [5.41, 5.74) is 0. The van der Waals surface area contributed by atoms with Crippen LogP contribution in [0.3, 0.4) is 0 Å². The first-order chi connectivity index (χ1) is 20.1. The largest absolute Gasteiger partial charge is 1.00 e. The van der Waals surface area contributed by atoms with Crippen molar-refractivity contribution >= 4 is 124 Å². The third kappa shape index (κ3) is 10.3. The molecule has 0 radical (unpaired) electrons. The summed E-state index contributed by atoms with van der Waals surface area (Å²) in [6.07, 6.45) is 4.83. The van der Waals surface area contributed by atoms with Crippen molar-refractivity contribution in [2.24, 2.45) is 0 Å². The molecule has 6 aromatic rings. The van der Waals surface area contributed by atoms with Crippen LogP contribution in [0.4, 0.5) is 0 Å². The van der Waals surface area contributed by atoms with Gasteiger partial charge in [0.15, 0.2) is 0 Å². The molecular formula is C35H38Br3LiOS2Si. The SMILES string of the molecule is Brc1ccc2sc3ccc(Br)cc3c2c1.C1CCOC1.C[Si](C)(C)c1ccc2sc3ccc(Br)cc3c2c1.[CH2-]CCC.[Li+]. The summed E-state index contributed by atoms with van der Waals surface area (Å²) in [5.74, 6) is 0. The molecule has 3 heterocycles. The van der Waals surface area contributed by atoms with E-state index in [1.54, 1.807) is 0 Å². The Morgan fingerprint density at radius 3 is 1.30 bits per heavy atom. The monoisotopic (exact) mass is 810 g/mol. The van der Waals surface area contributed by atoms with Gasteiger partial charge in [-0.1, -0.05) is 98.1 Å². The van der Waals surface area contributed by atoms with Crippen LogP contribution < -0.4 is 24.0 Å². The number of hydrogen-bond acceptors (Lipinski definition) is 3. The normalized spacial score (nSPS) is 12.7. The van der Waals surface area contributed by atoms with E-state index in [1.165, 1.54) is 64.8 Å². The van der Waals surface area contributed by atoms with E-state index in [9.17, 15) is 0 Å². The van der Waals surface area contributed by atoms with Crippen molar-refractivity contribution in [3.8, 4) is 0 Å². The van der Waals surface area contributed by atoms with Crippen LogP contribution in [-0.4, -0.2) is 21.3 Å². The Morgan fingerprint density at radius 2 is 1.00 bits per heavy atom. The van der Waals surface area contributed by atoms with Gasteiger partial charge in [0.25, 0.3) is 0 Å². The summed E-state index contributed by atoms with van der Waals surface area (Å²) < 4.78 is 13.8. The molecular weight excluding hydrogens is 775 g/mol. The first kappa shape index (κ1) is 37.0. The van der Waals surface area contributed by atoms with Gasteiger partial charge in [0.2, 0.25) is 0 Å². The van der Waals surface area contributed by atoms with Gasteiger partial charge in [-0.3, -0.25) is 0 Å². The first-order valence-corrected chi connectivity index (χ1v) is 21.9. The topological polar surface area (TPSA) is 9.23 Å². The van der Waals surface area contributed by atoms with Crippen molar-refractivity contribution < 1.29 is 23.6 Å². The zero-order valence-corrected chi connectivity index (χ0v) is 33.1. The maximum atomic E-state index is 4.94. The smallest absolute Gasteiger partial charge is 0.381 e. The molecule has 0 aliphatic carbocycles. The Hall–Kier alpha value is -0.466. The quantitative estimate of drug-likeness (QED) is 0.125. The molecule has 8 heteroatoms. The van der Waals surface area contributed by atoms with E-state index in [4.69, 9.17) is 4.74 Å². The predicted molar refractivity (Wildman–Crippen MR) is 205 cm³/mol. The maximum Gasteiger partial charge on any atom is 1.00 e. The van der Waals surface area contributed by atoms with Crippen LogP contribution in [0.2, 0.25) is 19.6 Å². The van der Waals surface area contributed by atoms with Crippen molar-refractivity contribution in [1.82, 2.24) is 0 Å². The van der Waals surface area contributed by atoms with Gasteiger partial charge in [0, 0.05) is 67.0 Å². The zero-order chi connectivity index (χ0) is 30.3. The molecule has 1 aliphatic rings. The molecule has 7 rings (SSSR count). The van der Waals surface area contributed by atoms with Crippen LogP contribution in [0.25, 0.3) is 40.3 Å². The van der Waals surface area contributed by atoms with Crippen LogP contribution in [-0.2, 0) is 4.74 Å². The van der Waals surface area contributed by atoms with Gasteiger partial charge >= 0.3 is 18.9 Å². The van der Waals surface area contributed by atoms with Crippen LogP contribution in [0.5, 0.6) is 0 Å². The van der Waals surface area contributed by atoms with E-state index in [-0.39, 0.29) is 18.9 Å². The van der Waals surface area contributed by atoms with E-state index in [0.717, 1.165) is 33.1 Å². The minimum atomic E-state index is -1.23. The van der Waals surface area contributed by atoms with Gasteiger partial charge < -0.3 is 11.7 Å². The van der Waals surface area contributed by atoms with Crippen LogP contribution in [0, 0.1) is 6.92 Å². The zero-order valence-electron chi connectivity index (χ0n) is 25.7. The summed E-state index contributed by atoms with van der Waals surface area (Å²) in [5, 5.41) is 6.98. The minimum absolute atomic E-state index is 0. The summed E-state index contributed by atoms with van der Waals surface area (Å²) in [7, 11) is -1.23. The summed E-state index contributed by atoms with van der Waals surface area (Å²) in [6.45, 7) is 14.9. The molecule has 222 valence electrons. The fraction of sp³-hybridized carbons (Fsp3) is 0.286. The fourth-order valence-electron chi connectivity index (χ4n) is 4.45. The van der Waals surface area contributed by atoms with Crippen LogP contribution >= 0.6 is 70.5 Å². The number of ether oxygens (including phenoxy) is 1. The van der Waals surface area contributed by atoms with E-state index in [2.05, 4.69) is 154 Å². The molecule has 43 heavy (non-hydrogen) atoms. The molecule has 2 aromatic heterocycles. The number of hydrogen-bond donors (Lipinski definition) is 0. The maximum absolute atomic E-state index is 4.94.